The summed E-state index contributed by atoms with van der Waals surface area (Å²) in [5, 5.41) is 0. The highest BCUT2D eigenvalue weighted by Gasteiger charge is 2.16. The number of rotatable bonds is 1. The second-order valence-corrected chi connectivity index (χ2v) is 2.45. The van der Waals surface area contributed by atoms with Crippen molar-refractivity contribution in [2.45, 2.75) is 6.04 Å². The second-order valence-electron chi connectivity index (χ2n) is 2.45. The van der Waals surface area contributed by atoms with Gasteiger partial charge < -0.3 is 10.5 Å². The molecule has 0 radical (unpaired) electrons. The van der Waals surface area contributed by atoms with Crippen LogP contribution in [0.15, 0.2) is 0 Å². The first kappa shape index (κ1) is 10.2. The summed E-state index contributed by atoms with van der Waals surface area (Å²) < 4.78 is 5.22. The molecule has 0 spiro atoms. The highest BCUT2D eigenvalue weighted by Crippen LogP contribution is 2.00. The van der Waals surface area contributed by atoms with Crippen LogP contribution in [0.2, 0.25) is 0 Å². The third kappa shape index (κ3) is 2.42. The average Bonchev–Trinajstić information content (AvgIpc) is 1.89. The van der Waals surface area contributed by atoms with E-state index in [-0.39, 0.29) is 12.4 Å². The molecule has 2 N–H and O–H groups in total. The molecule has 0 aromatic rings. The molecule has 0 bridgehead atoms. The molecule has 1 rings (SSSR count). The van der Waals surface area contributed by atoms with E-state index in [9.17, 15) is 0 Å². The van der Waals surface area contributed by atoms with Gasteiger partial charge in [-0.1, -0.05) is 0 Å². The second kappa shape index (κ2) is 4.91. The quantitative estimate of drug-likeness (QED) is 0.581. The smallest absolute Gasteiger partial charge is 0.0634 e. The van der Waals surface area contributed by atoms with Crippen LogP contribution in [-0.4, -0.2) is 44.3 Å². The number of likely N-dealkylation sites (N-methyl/N-ethyl adjacent to an activating group) is 1. The van der Waals surface area contributed by atoms with Crippen molar-refractivity contribution < 1.29 is 4.74 Å². The molecule has 10 heavy (non-hydrogen) atoms. The van der Waals surface area contributed by atoms with Gasteiger partial charge in [-0.05, 0) is 7.05 Å². The molecule has 3 nitrogen and oxygen atoms in total. The molecule has 0 aromatic carbocycles. The standard InChI is InChI=1S/C6H14N2O.ClH/c1-8-2-3-9-5-6(8)4-7;/h6H,2-5,7H2,1H3;1H/t6-;/m1./s1. The van der Waals surface area contributed by atoms with E-state index in [1.807, 2.05) is 0 Å². The van der Waals surface area contributed by atoms with Crippen molar-refractivity contribution in [3.8, 4) is 0 Å². The molecule has 0 saturated carbocycles. The normalized spacial score (nSPS) is 27.6. The minimum atomic E-state index is 0. The largest absolute Gasteiger partial charge is 0.378 e. The minimum absolute atomic E-state index is 0. The molecule has 0 aromatic heterocycles. The zero-order chi connectivity index (χ0) is 6.69. The maximum absolute atomic E-state index is 5.47. The van der Waals surface area contributed by atoms with E-state index in [1.165, 1.54) is 0 Å². The summed E-state index contributed by atoms with van der Waals surface area (Å²) >= 11 is 0. The SMILES string of the molecule is CN1CCOC[C@H]1CN.Cl. The van der Waals surface area contributed by atoms with Gasteiger partial charge in [0.05, 0.1) is 13.2 Å². The molecule has 1 aliphatic rings. The zero-order valence-corrected chi connectivity index (χ0v) is 7.06. The van der Waals surface area contributed by atoms with Crippen LogP contribution in [0.3, 0.4) is 0 Å². The summed E-state index contributed by atoms with van der Waals surface area (Å²) in [6, 6.07) is 0.443. The van der Waals surface area contributed by atoms with Gasteiger partial charge in [-0.3, -0.25) is 4.90 Å². The fourth-order valence-corrected chi connectivity index (χ4v) is 0.986. The van der Waals surface area contributed by atoms with Crippen molar-refractivity contribution in [3.63, 3.8) is 0 Å². The van der Waals surface area contributed by atoms with Crippen LogP contribution in [-0.2, 0) is 4.74 Å². The first-order valence-corrected chi connectivity index (χ1v) is 3.32. The Balaban J connectivity index is 0.000000810. The predicted octanol–water partition coefficient (Wildman–Crippen LogP) is -0.303. The molecule has 0 amide bonds. The van der Waals surface area contributed by atoms with Crippen LogP contribution in [0.25, 0.3) is 0 Å². The Hall–Kier alpha value is 0.170. The van der Waals surface area contributed by atoms with Crippen molar-refractivity contribution >= 4 is 12.4 Å². The van der Waals surface area contributed by atoms with E-state index in [2.05, 4.69) is 11.9 Å². The molecule has 1 atom stereocenters. The Bertz CT molecular complexity index is 91.8. The Labute approximate surface area is 67.9 Å². The number of ether oxygens (including phenoxy) is 1. The number of hydrogen-bond acceptors (Lipinski definition) is 3. The van der Waals surface area contributed by atoms with Crippen LogP contribution < -0.4 is 5.73 Å². The lowest BCUT2D eigenvalue weighted by molar-refractivity contribution is 0.00948. The zero-order valence-electron chi connectivity index (χ0n) is 6.25. The van der Waals surface area contributed by atoms with Gasteiger partial charge >= 0.3 is 0 Å². The van der Waals surface area contributed by atoms with E-state index in [4.69, 9.17) is 10.5 Å². The van der Waals surface area contributed by atoms with Crippen molar-refractivity contribution in [2.75, 3.05) is 33.4 Å². The number of nitrogens with zero attached hydrogens (tertiary/aromatic N) is 1. The topological polar surface area (TPSA) is 38.5 Å². The molecule has 62 valence electrons. The number of morpholine rings is 1. The first-order chi connectivity index (χ1) is 4.34. The molecule has 1 fully saturated rings. The van der Waals surface area contributed by atoms with Crippen LogP contribution in [0.1, 0.15) is 0 Å². The van der Waals surface area contributed by atoms with Gasteiger partial charge in [-0.25, -0.2) is 0 Å². The lowest BCUT2D eigenvalue weighted by Gasteiger charge is -2.31. The Morgan fingerprint density at radius 3 is 2.80 bits per heavy atom. The van der Waals surface area contributed by atoms with Gasteiger partial charge in [0.2, 0.25) is 0 Å². The molecule has 1 saturated heterocycles. The highest BCUT2D eigenvalue weighted by molar-refractivity contribution is 5.85. The van der Waals surface area contributed by atoms with Gasteiger partial charge in [0.1, 0.15) is 0 Å². The summed E-state index contributed by atoms with van der Waals surface area (Å²) in [6.45, 7) is 3.37. The molecule has 1 heterocycles. The lowest BCUT2D eigenvalue weighted by Crippen LogP contribution is -2.46. The average molecular weight is 167 g/mol. The van der Waals surface area contributed by atoms with E-state index >= 15 is 0 Å². The number of halogens is 1. The molecule has 0 unspecified atom stereocenters. The fourth-order valence-electron chi connectivity index (χ4n) is 0.986. The van der Waals surface area contributed by atoms with E-state index in [1.54, 1.807) is 0 Å². The lowest BCUT2D eigenvalue weighted by atomic mass is 10.2. The van der Waals surface area contributed by atoms with E-state index in [0.717, 1.165) is 19.8 Å². The van der Waals surface area contributed by atoms with E-state index in [0.29, 0.717) is 12.6 Å². The Morgan fingerprint density at radius 1 is 1.70 bits per heavy atom. The van der Waals surface area contributed by atoms with Crippen molar-refractivity contribution in [3.05, 3.63) is 0 Å². The van der Waals surface area contributed by atoms with Crippen molar-refractivity contribution in [1.29, 1.82) is 0 Å². The summed E-state index contributed by atoms with van der Waals surface area (Å²) in [7, 11) is 2.08. The third-order valence-electron chi connectivity index (χ3n) is 1.79. The maximum atomic E-state index is 5.47. The van der Waals surface area contributed by atoms with Crippen LogP contribution in [0.4, 0.5) is 0 Å². The van der Waals surface area contributed by atoms with Crippen LogP contribution in [0.5, 0.6) is 0 Å². The Kier molecular flexibility index (Phi) is 4.99. The fraction of sp³-hybridized carbons (Fsp3) is 1.00. The van der Waals surface area contributed by atoms with Crippen molar-refractivity contribution in [1.82, 2.24) is 4.90 Å². The first-order valence-electron chi connectivity index (χ1n) is 3.32. The number of nitrogens with two attached hydrogens (primary N) is 1. The number of hydrogen-bond donors (Lipinski definition) is 1. The molecule has 1 aliphatic heterocycles. The summed E-state index contributed by atoms with van der Waals surface area (Å²) in [4.78, 5) is 2.24. The van der Waals surface area contributed by atoms with E-state index < -0.39 is 0 Å². The third-order valence-corrected chi connectivity index (χ3v) is 1.79. The Morgan fingerprint density at radius 2 is 2.40 bits per heavy atom. The molecular formula is C6H15ClN2O. The van der Waals surface area contributed by atoms with Crippen LogP contribution >= 0.6 is 12.4 Å². The van der Waals surface area contributed by atoms with Crippen LogP contribution in [0, 0.1) is 0 Å². The van der Waals surface area contributed by atoms with Gasteiger partial charge in [0.15, 0.2) is 0 Å². The van der Waals surface area contributed by atoms with Crippen molar-refractivity contribution in [2.24, 2.45) is 5.73 Å². The predicted molar refractivity (Wildman–Crippen MR) is 43.5 cm³/mol. The highest BCUT2D eigenvalue weighted by atomic mass is 35.5. The molecule has 0 aliphatic carbocycles. The van der Waals surface area contributed by atoms with Gasteiger partial charge in [0, 0.05) is 19.1 Å². The molecular weight excluding hydrogens is 152 g/mol. The summed E-state index contributed by atoms with van der Waals surface area (Å²) in [5.74, 6) is 0. The van der Waals surface area contributed by atoms with Gasteiger partial charge in [0.25, 0.3) is 0 Å². The summed E-state index contributed by atoms with van der Waals surface area (Å²) in [6.07, 6.45) is 0. The van der Waals surface area contributed by atoms with Gasteiger partial charge in [-0.2, -0.15) is 0 Å². The monoisotopic (exact) mass is 166 g/mol. The van der Waals surface area contributed by atoms with Gasteiger partial charge in [-0.15, -0.1) is 12.4 Å². The molecule has 4 heteroatoms. The maximum Gasteiger partial charge on any atom is 0.0634 e. The minimum Gasteiger partial charge on any atom is -0.378 e. The summed E-state index contributed by atoms with van der Waals surface area (Å²) in [5.41, 5.74) is 5.47.